The van der Waals surface area contributed by atoms with Gasteiger partial charge in [-0.1, -0.05) is 11.2 Å². The number of alkyl halides is 1. The quantitative estimate of drug-likeness (QED) is 0.144. The van der Waals surface area contributed by atoms with Crippen LogP contribution in [0.3, 0.4) is 0 Å². The molecule has 0 spiro atoms. The molecule has 1 saturated heterocycles. The Morgan fingerprint density at radius 1 is 1.34 bits per heavy atom. The van der Waals surface area contributed by atoms with Gasteiger partial charge in [0.05, 0.1) is 5.69 Å². The summed E-state index contributed by atoms with van der Waals surface area (Å²) in [6.07, 6.45) is 1.53. The van der Waals surface area contributed by atoms with Crippen LogP contribution in [0, 0.1) is 0 Å². The Balaban J connectivity index is 1.58. The Kier molecular flexibility index (Phi) is 7.62. The molecule has 0 aliphatic carbocycles. The number of oxime groups is 1. The van der Waals surface area contributed by atoms with E-state index in [2.05, 4.69) is 20.4 Å². The smallest absolute Gasteiger partial charge is 0.353 e. The lowest BCUT2D eigenvalue weighted by Crippen LogP contribution is -2.71. The summed E-state index contributed by atoms with van der Waals surface area (Å²) in [5, 5.41) is 26.3. The number of nitrogens with one attached hydrogen (secondary N) is 1. The SMILES string of the molecule is CC(C)(O/N=C(\C(=O)N[C@@H]1C(=O)N2C(C(=O)O)=C(c3ccc(CCl)cn3)CSC12)c1csc(N)n1)C(=O)O. The first kappa shape index (κ1) is 27.3. The van der Waals surface area contributed by atoms with E-state index in [9.17, 15) is 29.4 Å². The summed E-state index contributed by atoms with van der Waals surface area (Å²) < 4.78 is 0. The molecule has 2 aliphatic heterocycles. The first-order valence-electron chi connectivity index (χ1n) is 10.9. The van der Waals surface area contributed by atoms with Crippen LogP contribution in [0.15, 0.2) is 34.6 Å². The number of rotatable bonds is 9. The van der Waals surface area contributed by atoms with E-state index in [-0.39, 0.29) is 28.2 Å². The van der Waals surface area contributed by atoms with Crippen molar-refractivity contribution < 1.29 is 34.2 Å². The van der Waals surface area contributed by atoms with Gasteiger partial charge in [0, 0.05) is 28.8 Å². The minimum Gasteiger partial charge on any atom is -0.478 e. The van der Waals surface area contributed by atoms with Crippen molar-refractivity contribution in [2.45, 2.75) is 36.7 Å². The molecule has 16 heteroatoms. The molecule has 1 fully saturated rings. The van der Waals surface area contributed by atoms with Crippen LogP contribution in [0.5, 0.6) is 0 Å². The molecular formula is C22H21ClN6O7S2. The highest BCUT2D eigenvalue weighted by atomic mass is 35.5. The minimum atomic E-state index is -1.76. The molecule has 200 valence electrons. The first-order chi connectivity index (χ1) is 17.9. The van der Waals surface area contributed by atoms with Crippen molar-refractivity contribution in [3.63, 3.8) is 0 Å². The molecule has 1 unspecified atom stereocenters. The average Bonchev–Trinajstić information content (AvgIpc) is 3.31. The number of pyridine rings is 1. The number of hydrogen-bond acceptors (Lipinski definition) is 11. The van der Waals surface area contributed by atoms with Crippen LogP contribution in [-0.4, -0.2) is 77.3 Å². The summed E-state index contributed by atoms with van der Waals surface area (Å²) in [5.41, 5.74) is 4.83. The fourth-order valence-electron chi connectivity index (χ4n) is 3.51. The van der Waals surface area contributed by atoms with Gasteiger partial charge in [-0.25, -0.2) is 14.6 Å². The van der Waals surface area contributed by atoms with Gasteiger partial charge in [0.25, 0.3) is 11.8 Å². The van der Waals surface area contributed by atoms with Gasteiger partial charge in [-0.15, -0.1) is 34.7 Å². The zero-order valence-corrected chi connectivity index (χ0v) is 22.3. The zero-order valence-electron chi connectivity index (χ0n) is 19.9. The van der Waals surface area contributed by atoms with Gasteiger partial charge in [0.15, 0.2) is 10.8 Å². The molecule has 2 aromatic rings. The van der Waals surface area contributed by atoms with E-state index in [0.29, 0.717) is 11.3 Å². The van der Waals surface area contributed by atoms with Crippen molar-refractivity contribution in [2.75, 3.05) is 11.5 Å². The zero-order chi connectivity index (χ0) is 27.8. The number of nitrogens with two attached hydrogens (primary N) is 1. The number of nitrogen functional groups attached to an aromatic ring is 1. The fourth-order valence-corrected chi connectivity index (χ4v) is 5.57. The topological polar surface area (TPSA) is 197 Å². The number of carbonyl (C=O) groups is 4. The van der Waals surface area contributed by atoms with Gasteiger partial charge in [-0.2, -0.15) is 0 Å². The Morgan fingerprint density at radius 2 is 2.08 bits per heavy atom. The highest BCUT2D eigenvalue weighted by molar-refractivity contribution is 8.00. The fraction of sp³-hybridized carbons (Fsp3) is 0.318. The largest absolute Gasteiger partial charge is 0.478 e. The number of thioether (sulfide) groups is 1. The number of thiazole rings is 1. The maximum absolute atomic E-state index is 13.1. The molecule has 4 heterocycles. The van der Waals surface area contributed by atoms with Crippen LogP contribution in [0.4, 0.5) is 5.13 Å². The second-order valence-electron chi connectivity index (χ2n) is 8.60. The number of carboxylic acids is 2. The van der Waals surface area contributed by atoms with Crippen LogP contribution in [0.2, 0.25) is 0 Å². The predicted molar refractivity (Wildman–Crippen MR) is 139 cm³/mol. The maximum atomic E-state index is 13.1. The number of aromatic nitrogens is 2. The Bertz CT molecular complexity index is 1370. The number of aliphatic carboxylic acids is 2. The van der Waals surface area contributed by atoms with E-state index >= 15 is 0 Å². The average molecular weight is 581 g/mol. The molecule has 0 bridgehead atoms. The van der Waals surface area contributed by atoms with Gasteiger partial charge in [-0.3, -0.25) is 19.5 Å². The summed E-state index contributed by atoms with van der Waals surface area (Å²) >= 11 is 8.08. The number of carboxylic acid groups (broad SMARTS) is 2. The van der Waals surface area contributed by atoms with E-state index in [4.69, 9.17) is 22.2 Å². The third kappa shape index (κ3) is 5.16. The minimum absolute atomic E-state index is 0.0194. The Labute approximate surface area is 228 Å². The third-order valence-corrected chi connectivity index (χ3v) is 7.87. The second kappa shape index (κ2) is 10.6. The van der Waals surface area contributed by atoms with Gasteiger partial charge < -0.3 is 26.1 Å². The van der Waals surface area contributed by atoms with Crippen molar-refractivity contribution in [1.29, 1.82) is 0 Å². The van der Waals surface area contributed by atoms with E-state index in [0.717, 1.165) is 21.8 Å². The summed E-state index contributed by atoms with van der Waals surface area (Å²) in [5.74, 6) is -3.69. The summed E-state index contributed by atoms with van der Waals surface area (Å²) in [6, 6.07) is 2.28. The molecule has 4 rings (SSSR count). The normalized spacial score (nSPS) is 19.5. The molecular weight excluding hydrogens is 560 g/mol. The molecule has 0 saturated carbocycles. The Hall–Kier alpha value is -3.69. The Morgan fingerprint density at radius 3 is 2.63 bits per heavy atom. The monoisotopic (exact) mass is 580 g/mol. The molecule has 0 radical (unpaired) electrons. The molecule has 2 amide bonds. The standard InChI is InChI=1S/C22H21ClN6O7S2/c1-22(2,20(34)35)36-28-13(12-8-38-21(24)26-12)16(30)27-14-17(31)29-15(19(32)33)10(7-37-18(14)29)11-4-3-9(5-23)6-25-11/h3-4,6,8,14,18H,5,7H2,1-2H3,(H2,24,26)(H,27,30)(H,32,33)(H,34,35)/b28-13-/t14-,18?/m1/s1. The molecule has 2 aromatic heterocycles. The second-order valence-corrected chi connectivity index (χ2v) is 10.9. The van der Waals surface area contributed by atoms with Gasteiger partial charge in [-0.05, 0) is 25.5 Å². The van der Waals surface area contributed by atoms with Crippen molar-refractivity contribution in [2.24, 2.45) is 5.16 Å². The van der Waals surface area contributed by atoms with E-state index in [1.807, 2.05) is 0 Å². The van der Waals surface area contributed by atoms with E-state index in [1.54, 1.807) is 12.1 Å². The van der Waals surface area contributed by atoms with Crippen LogP contribution < -0.4 is 11.1 Å². The van der Waals surface area contributed by atoms with Crippen molar-refractivity contribution in [3.05, 3.63) is 46.4 Å². The van der Waals surface area contributed by atoms with Crippen LogP contribution in [0.25, 0.3) is 5.57 Å². The lowest BCUT2D eigenvalue weighted by Gasteiger charge is -2.49. The molecule has 0 aromatic carbocycles. The summed E-state index contributed by atoms with van der Waals surface area (Å²) in [7, 11) is 0. The number of carbonyl (C=O) groups excluding carboxylic acids is 2. The van der Waals surface area contributed by atoms with Gasteiger partial charge in [0.1, 0.15) is 22.8 Å². The molecule has 38 heavy (non-hydrogen) atoms. The number of amides is 2. The van der Waals surface area contributed by atoms with Crippen molar-refractivity contribution in [3.8, 4) is 0 Å². The number of nitrogens with zero attached hydrogens (tertiary/aromatic N) is 4. The van der Waals surface area contributed by atoms with Crippen molar-refractivity contribution >= 4 is 74.9 Å². The summed E-state index contributed by atoms with van der Waals surface area (Å²) in [4.78, 5) is 64.2. The maximum Gasteiger partial charge on any atom is 0.353 e. The highest BCUT2D eigenvalue weighted by Gasteiger charge is 2.54. The molecule has 2 atom stereocenters. The van der Waals surface area contributed by atoms with E-state index in [1.165, 1.54) is 37.2 Å². The van der Waals surface area contributed by atoms with E-state index < -0.39 is 46.5 Å². The third-order valence-electron chi connectivity index (χ3n) is 5.61. The van der Waals surface area contributed by atoms with Crippen LogP contribution >= 0.6 is 34.7 Å². The van der Waals surface area contributed by atoms with Crippen LogP contribution in [-0.2, 0) is 29.9 Å². The highest BCUT2D eigenvalue weighted by Crippen LogP contribution is 2.43. The number of hydrogen-bond donors (Lipinski definition) is 4. The van der Waals surface area contributed by atoms with Gasteiger partial charge in [0.2, 0.25) is 5.60 Å². The molecule has 2 aliphatic rings. The van der Waals surface area contributed by atoms with Crippen molar-refractivity contribution in [1.82, 2.24) is 20.2 Å². The van der Waals surface area contributed by atoms with Crippen LogP contribution in [0.1, 0.15) is 30.8 Å². The number of halogens is 1. The molecule has 13 nitrogen and oxygen atoms in total. The number of β-lactam (4-membered cyclic amide) rings is 1. The lowest BCUT2D eigenvalue weighted by molar-refractivity contribution is -0.161. The first-order valence-corrected chi connectivity index (χ1v) is 13.3. The molecule has 5 N–H and O–H groups in total. The predicted octanol–water partition coefficient (Wildman–Crippen LogP) is 1.34. The number of anilines is 1. The van der Waals surface area contributed by atoms with Gasteiger partial charge >= 0.3 is 11.9 Å². The summed E-state index contributed by atoms with van der Waals surface area (Å²) in [6.45, 7) is 2.48. The number of fused-ring (bicyclic) bond motifs is 1. The lowest BCUT2D eigenvalue weighted by atomic mass is 10.0.